The van der Waals surface area contributed by atoms with Crippen LogP contribution in [0.4, 0.5) is 5.82 Å². The highest BCUT2D eigenvalue weighted by atomic mass is 32.2. The van der Waals surface area contributed by atoms with Crippen molar-refractivity contribution in [2.24, 2.45) is 0 Å². The van der Waals surface area contributed by atoms with Crippen LogP contribution >= 0.6 is 0 Å². The number of carbonyl (C=O) groups excluding carboxylic acids is 1. The molecular formula is C11H12N4O4S. The second-order valence-electron chi connectivity index (χ2n) is 3.67. The molecular weight excluding hydrogens is 284 g/mol. The van der Waals surface area contributed by atoms with E-state index in [-0.39, 0.29) is 22.9 Å². The van der Waals surface area contributed by atoms with Crippen molar-refractivity contribution < 1.29 is 17.9 Å². The summed E-state index contributed by atoms with van der Waals surface area (Å²) in [5, 5.41) is 6.04. The maximum atomic E-state index is 12.1. The van der Waals surface area contributed by atoms with Gasteiger partial charge >= 0.3 is 5.97 Å². The van der Waals surface area contributed by atoms with Crippen LogP contribution in [0.15, 0.2) is 35.6 Å². The molecule has 0 atom stereocenters. The summed E-state index contributed by atoms with van der Waals surface area (Å²) >= 11 is 0. The first-order chi connectivity index (χ1) is 9.54. The van der Waals surface area contributed by atoms with Crippen molar-refractivity contribution in [3.63, 3.8) is 0 Å². The lowest BCUT2D eigenvalue weighted by molar-refractivity contribution is 0.0527. The number of pyridine rings is 1. The molecule has 0 saturated heterocycles. The van der Waals surface area contributed by atoms with Gasteiger partial charge in [-0.15, -0.1) is 0 Å². The Bertz CT molecular complexity index is 696. The fraction of sp³-hybridized carbons (Fsp3) is 0.182. The highest BCUT2D eigenvalue weighted by Gasteiger charge is 2.21. The summed E-state index contributed by atoms with van der Waals surface area (Å²) in [7, 11) is -3.85. The van der Waals surface area contributed by atoms with E-state index in [9.17, 15) is 13.2 Å². The van der Waals surface area contributed by atoms with E-state index in [1.807, 2.05) is 0 Å². The number of hydrogen-bond acceptors (Lipinski definition) is 6. The first kappa shape index (κ1) is 14.0. The summed E-state index contributed by atoms with van der Waals surface area (Å²) in [6.45, 7) is 1.83. The molecule has 0 aliphatic rings. The van der Waals surface area contributed by atoms with Gasteiger partial charge in [0.15, 0.2) is 0 Å². The van der Waals surface area contributed by atoms with E-state index in [2.05, 4.69) is 19.9 Å². The smallest absolute Gasteiger partial charge is 0.343 e. The molecule has 0 amide bonds. The Hall–Kier alpha value is -2.42. The lowest BCUT2D eigenvalue weighted by atomic mass is 10.3. The van der Waals surface area contributed by atoms with Crippen LogP contribution < -0.4 is 4.72 Å². The SMILES string of the molecule is CCOC(=O)c1cn[nH]c1NS(=O)(=O)c1cccnc1. The number of aromatic nitrogens is 3. The minimum absolute atomic E-state index is 0.0133. The Morgan fingerprint density at radius 3 is 2.90 bits per heavy atom. The highest BCUT2D eigenvalue weighted by Crippen LogP contribution is 2.17. The maximum absolute atomic E-state index is 12.1. The first-order valence-corrected chi connectivity index (χ1v) is 7.16. The van der Waals surface area contributed by atoms with E-state index in [0.717, 1.165) is 0 Å². The number of rotatable bonds is 5. The Morgan fingerprint density at radius 2 is 2.25 bits per heavy atom. The molecule has 20 heavy (non-hydrogen) atoms. The highest BCUT2D eigenvalue weighted by molar-refractivity contribution is 7.92. The third-order valence-electron chi connectivity index (χ3n) is 2.32. The molecule has 106 valence electrons. The number of anilines is 1. The zero-order chi connectivity index (χ0) is 14.6. The van der Waals surface area contributed by atoms with Crippen molar-refractivity contribution >= 4 is 21.8 Å². The van der Waals surface area contributed by atoms with Crippen LogP contribution in [0.5, 0.6) is 0 Å². The van der Waals surface area contributed by atoms with E-state index < -0.39 is 16.0 Å². The lowest BCUT2D eigenvalue weighted by Crippen LogP contribution is -2.16. The van der Waals surface area contributed by atoms with Crippen LogP contribution in [0, 0.1) is 0 Å². The molecule has 0 aliphatic heterocycles. The minimum Gasteiger partial charge on any atom is -0.462 e. The Kier molecular flexibility index (Phi) is 3.99. The Labute approximate surface area is 115 Å². The second kappa shape index (κ2) is 5.70. The van der Waals surface area contributed by atoms with Crippen molar-refractivity contribution in [2.75, 3.05) is 11.3 Å². The van der Waals surface area contributed by atoms with Gasteiger partial charge in [0.2, 0.25) is 0 Å². The van der Waals surface area contributed by atoms with Crippen LogP contribution in [-0.4, -0.2) is 36.2 Å². The zero-order valence-electron chi connectivity index (χ0n) is 10.5. The fourth-order valence-corrected chi connectivity index (χ4v) is 2.43. The predicted molar refractivity (Wildman–Crippen MR) is 69.6 cm³/mol. The Morgan fingerprint density at radius 1 is 1.45 bits per heavy atom. The monoisotopic (exact) mass is 296 g/mol. The fourth-order valence-electron chi connectivity index (χ4n) is 1.43. The normalized spacial score (nSPS) is 11.1. The summed E-state index contributed by atoms with van der Waals surface area (Å²) in [4.78, 5) is 15.3. The van der Waals surface area contributed by atoms with Gasteiger partial charge in [0.05, 0.1) is 12.8 Å². The average molecular weight is 296 g/mol. The number of hydrogen-bond donors (Lipinski definition) is 2. The summed E-state index contributed by atoms with van der Waals surface area (Å²) in [6.07, 6.45) is 3.85. The van der Waals surface area contributed by atoms with E-state index in [1.54, 1.807) is 6.92 Å². The number of nitrogens with one attached hydrogen (secondary N) is 2. The average Bonchev–Trinajstić information content (AvgIpc) is 2.87. The number of aromatic amines is 1. The Balaban J connectivity index is 2.27. The zero-order valence-corrected chi connectivity index (χ0v) is 11.3. The number of H-pyrrole nitrogens is 1. The topological polar surface area (TPSA) is 114 Å². The number of carbonyl (C=O) groups is 1. The molecule has 0 radical (unpaired) electrons. The van der Waals surface area contributed by atoms with Gasteiger partial charge in [-0.05, 0) is 19.1 Å². The molecule has 0 spiro atoms. The quantitative estimate of drug-likeness (QED) is 0.788. The van der Waals surface area contributed by atoms with Gasteiger partial charge < -0.3 is 4.74 Å². The van der Waals surface area contributed by atoms with E-state index in [4.69, 9.17) is 4.74 Å². The van der Waals surface area contributed by atoms with Crippen LogP contribution in [0.25, 0.3) is 0 Å². The van der Waals surface area contributed by atoms with Crippen LogP contribution in [0.2, 0.25) is 0 Å². The molecule has 8 nitrogen and oxygen atoms in total. The largest absolute Gasteiger partial charge is 0.462 e. The molecule has 0 bridgehead atoms. The number of sulfonamides is 1. The van der Waals surface area contributed by atoms with E-state index >= 15 is 0 Å². The molecule has 9 heteroatoms. The molecule has 0 aliphatic carbocycles. The molecule has 0 aromatic carbocycles. The third-order valence-corrected chi connectivity index (χ3v) is 3.65. The molecule has 2 N–H and O–H groups in total. The lowest BCUT2D eigenvalue weighted by Gasteiger charge is -2.07. The van der Waals surface area contributed by atoms with Gasteiger partial charge in [-0.25, -0.2) is 13.2 Å². The van der Waals surface area contributed by atoms with Crippen molar-refractivity contribution in [1.82, 2.24) is 15.2 Å². The predicted octanol–water partition coefficient (Wildman–Crippen LogP) is 0.782. The number of nitrogens with zero attached hydrogens (tertiary/aromatic N) is 2. The summed E-state index contributed by atoms with van der Waals surface area (Å²) < 4.78 is 31.2. The number of ether oxygens (including phenoxy) is 1. The van der Waals surface area contributed by atoms with Crippen LogP contribution in [0.1, 0.15) is 17.3 Å². The molecule has 0 unspecified atom stereocenters. The molecule has 0 fully saturated rings. The van der Waals surface area contributed by atoms with Crippen molar-refractivity contribution in [3.8, 4) is 0 Å². The minimum atomic E-state index is -3.85. The molecule has 2 aromatic heterocycles. The molecule has 2 rings (SSSR count). The van der Waals surface area contributed by atoms with Crippen molar-refractivity contribution in [2.45, 2.75) is 11.8 Å². The van der Waals surface area contributed by atoms with Crippen LogP contribution in [-0.2, 0) is 14.8 Å². The molecule has 2 aromatic rings. The maximum Gasteiger partial charge on any atom is 0.343 e. The van der Waals surface area contributed by atoms with Gasteiger partial charge in [0.1, 0.15) is 16.3 Å². The third kappa shape index (κ3) is 2.94. The number of esters is 1. The van der Waals surface area contributed by atoms with E-state index in [0.29, 0.717) is 0 Å². The van der Waals surface area contributed by atoms with Crippen LogP contribution in [0.3, 0.4) is 0 Å². The van der Waals surface area contributed by atoms with E-state index in [1.165, 1.54) is 30.7 Å². The van der Waals surface area contributed by atoms with Gasteiger partial charge in [0.25, 0.3) is 10.0 Å². The molecule has 2 heterocycles. The van der Waals surface area contributed by atoms with Gasteiger partial charge in [-0.1, -0.05) is 0 Å². The van der Waals surface area contributed by atoms with Crippen molar-refractivity contribution in [1.29, 1.82) is 0 Å². The molecule has 0 saturated carbocycles. The second-order valence-corrected chi connectivity index (χ2v) is 5.36. The van der Waals surface area contributed by atoms with Gasteiger partial charge in [-0.2, -0.15) is 5.10 Å². The van der Waals surface area contributed by atoms with Crippen molar-refractivity contribution in [3.05, 3.63) is 36.3 Å². The van der Waals surface area contributed by atoms with Gasteiger partial charge in [0, 0.05) is 12.4 Å². The summed E-state index contributed by atoms with van der Waals surface area (Å²) in [6, 6.07) is 2.88. The standard InChI is InChI=1S/C11H12N4O4S/c1-2-19-11(16)9-7-13-14-10(9)15-20(17,18)8-4-3-5-12-6-8/h3-7H,2H2,1H3,(H2,13,14,15). The van der Waals surface area contributed by atoms with Gasteiger partial charge in [-0.3, -0.25) is 14.8 Å². The summed E-state index contributed by atoms with van der Waals surface area (Å²) in [5.74, 6) is -0.711. The first-order valence-electron chi connectivity index (χ1n) is 5.68. The summed E-state index contributed by atoms with van der Waals surface area (Å²) in [5.41, 5.74) is 0.0133.